The molecule has 1 aromatic carbocycles. The van der Waals surface area contributed by atoms with Crippen LogP contribution in [0.4, 0.5) is 5.13 Å². The zero-order chi connectivity index (χ0) is 13.9. The number of halogens is 1. The van der Waals surface area contributed by atoms with Crippen molar-refractivity contribution >= 4 is 38.6 Å². The van der Waals surface area contributed by atoms with Crippen LogP contribution >= 0.6 is 27.3 Å². The maximum absolute atomic E-state index is 5.22. The summed E-state index contributed by atoms with van der Waals surface area (Å²) in [6.07, 6.45) is 6.66. The maximum Gasteiger partial charge on any atom is 0.209 e. The van der Waals surface area contributed by atoms with Crippen LogP contribution in [0.5, 0.6) is 5.75 Å². The predicted octanol–water partition coefficient (Wildman–Crippen LogP) is 4.54. The number of fused-ring (bicyclic) bond motifs is 1. The zero-order valence-electron chi connectivity index (χ0n) is 11.2. The molecule has 0 atom stereocenters. The van der Waals surface area contributed by atoms with Gasteiger partial charge < -0.3 is 4.74 Å². The fourth-order valence-corrected chi connectivity index (χ4v) is 3.84. The van der Waals surface area contributed by atoms with Crippen molar-refractivity contribution in [2.75, 3.05) is 7.11 Å². The lowest BCUT2D eigenvalue weighted by Crippen LogP contribution is -1.98. The lowest BCUT2D eigenvalue weighted by molar-refractivity contribution is 0.412. The molecule has 2 aromatic rings. The van der Waals surface area contributed by atoms with Crippen molar-refractivity contribution in [1.82, 2.24) is 4.98 Å². The Bertz CT molecular complexity index is 628. The van der Waals surface area contributed by atoms with Crippen molar-refractivity contribution in [1.29, 1.82) is 0 Å². The summed E-state index contributed by atoms with van der Waals surface area (Å²) >= 11 is 5.20. The molecule has 20 heavy (non-hydrogen) atoms. The third kappa shape index (κ3) is 2.94. The summed E-state index contributed by atoms with van der Waals surface area (Å²) in [7, 11) is 1.66. The Hall–Kier alpha value is -1.20. The molecule has 3 nitrogen and oxygen atoms in total. The van der Waals surface area contributed by atoms with E-state index in [-0.39, 0.29) is 0 Å². The average molecular weight is 351 g/mol. The number of aromatic nitrogens is 1. The van der Waals surface area contributed by atoms with Gasteiger partial charge >= 0.3 is 0 Å². The van der Waals surface area contributed by atoms with E-state index in [1.165, 1.54) is 23.4 Å². The number of benzene rings is 1. The molecule has 0 unspecified atom stereocenters. The molecule has 0 bridgehead atoms. The molecule has 0 amide bonds. The summed E-state index contributed by atoms with van der Waals surface area (Å²) in [6.45, 7) is 0. The van der Waals surface area contributed by atoms with Crippen LogP contribution in [0.3, 0.4) is 0 Å². The lowest BCUT2D eigenvalue weighted by atomic mass is 10.0. The molecule has 0 N–H and O–H groups in total. The Labute approximate surface area is 130 Å². The molecule has 0 spiro atoms. The van der Waals surface area contributed by atoms with E-state index in [1.54, 1.807) is 18.4 Å². The second-order valence-corrected chi connectivity index (χ2v) is 6.64. The lowest BCUT2D eigenvalue weighted by Gasteiger charge is -2.06. The number of hydrogen-bond acceptors (Lipinski definition) is 4. The molecule has 5 heteroatoms. The van der Waals surface area contributed by atoms with Gasteiger partial charge in [-0.2, -0.15) is 0 Å². The average Bonchev–Trinajstić information content (AvgIpc) is 2.88. The molecule has 0 radical (unpaired) electrons. The minimum Gasteiger partial charge on any atom is -0.496 e. The SMILES string of the molecule is COc1ccc(C=Nc2nc3c(s2)CCCC3)cc1Br. The first kappa shape index (κ1) is 13.8. The fourth-order valence-electron chi connectivity index (χ4n) is 2.29. The van der Waals surface area contributed by atoms with Gasteiger partial charge in [-0.05, 0) is 65.4 Å². The van der Waals surface area contributed by atoms with E-state index in [9.17, 15) is 0 Å². The van der Waals surface area contributed by atoms with Crippen molar-refractivity contribution in [3.63, 3.8) is 0 Å². The van der Waals surface area contributed by atoms with Crippen molar-refractivity contribution in [2.45, 2.75) is 25.7 Å². The summed E-state index contributed by atoms with van der Waals surface area (Å²) in [5.41, 5.74) is 2.29. The molecular formula is C15H15BrN2OS. The van der Waals surface area contributed by atoms with E-state index in [2.05, 4.69) is 25.9 Å². The molecule has 3 rings (SSSR count). The first-order chi connectivity index (χ1) is 9.76. The Balaban J connectivity index is 1.79. The van der Waals surface area contributed by atoms with Crippen molar-refractivity contribution in [3.8, 4) is 5.75 Å². The topological polar surface area (TPSA) is 34.5 Å². The predicted molar refractivity (Wildman–Crippen MR) is 86.7 cm³/mol. The van der Waals surface area contributed by atoms with Gasteiger partial charge in [0.25, 0.3) is 0 Å². The molecular weight excluding hydrogens is 336 g/mol. The number of rotatable bonds is 3. The molecule has 1 aliphatic carbocycles. The molecule has 1 aliphatic rings. The Morgan fingerprint density at radius 1 is 1.35 bits per heavy atom. The van der Waals surface area contributed by atoms with Gasteiger partial charge in [0.05, 0.1) is 17.3 Å². The van der Waals surface area contributed by atoms with Crippen molar-refractivity contribution in [2.24, 2.45) is 4.99 Å². The van der Waals surface area contributed by atoms with Gasteiger partial charge in [0.1, 0.15) is 5.75 Å². The highest BCUT2D eigenvalue weighted by molar-refractivity contribution is 9.10. The Morgan fingerprint density at radius 2 is 2.20 bits per heavy atom. The Morgan fingerprint density at radius 3 is 2.95 bits per heavy atom. The largest absolute Gasteiger partial charge is 0.496 e. The number of thiazole rings is 1. The van der Waals surface area contributed by atoms with Crippen LogP contribution in [0.1, 0.15) is 29.0 Å². The van der Waals surface area contributed by atoms with Gasteiger partial charge in [-0.1, -0.05) is 11.3 Å². The van der Waals surface area contributed by atoms with Crippen LogP contribution in [0.15, 0.2) is 27.7 Å². The molecule has 104 valence electrons. The monoisotopic (exact) mass is 350 g/mol. The number of hydrogen-bond donors (Lipinski definition) is 0. The summed E-state index contributed by atoms with van der Waals surface area (Å²) in [5.74, 6) is 0.826. The van der Waals surface area contributed by atoms with E-state index >= 15 is 0 Å². The summed E-state index contributed by atoms with van der Waals surface area (Å²) in [4.78, 5) is 10.5. The van der Waals surface area contributed by atoms with Gasteiger partial charge in [-0.3, -0.25) is 0 Å². The fraction of sp³-hybridized carbons (Fsp3) is 0.333. The molecule has 1 aromatic heterocycles. The van der Waals surface area contributed by atoms with E-state index in [4.69, 9.17) is 4.74 Å². The highest BCUT2D eigenvalue weighted by atomic mass is 79.9. The molecule has 0 saturated carbocycles. The number of methoxy groups -OCH3 is 1. The summed E-state index contributed by atoms with van der Waals surface area (Å²) in [6, 6.07) is 5.91. The molecule has 1 heterocycles. The van der Waals surface area contributed by atoms with Crippen LogP contribution in [-0.4, -0.2) is 18.3 Å². The third-order valence-corrected chi connectivity index (χ3v) is 5.02. The van der Waals surface area contributed by atoms with Gasteiger partial charge in [0.2, 0.25) is 5.13 Å². The smallest absolute Gasteiger partial charge is 0.209 e. The summed E-state index contributed by atoms with van der Waals surface area (Å²) < 4.78 is 6.15. The van der Waals surface area contributed by atoms with E-state index in [0.717, 1.165) is 33.8 Å². The van der Waals surface area contributed by atoms with Crippen molar-refractivity contribution < 1.29 is 4.74 Å². The highest BCUT2D eigenvalue weighted by Gasteiger charge is 2.14. The van der Waals surface area contributed by atoms with E-state index < -0.39 is 0 Å². The highest BCUT2D eigenvalue weighted by Crippen LogP contribution is 2.31. The number of nitrogens with zero attached hydrogens (tertiary/aromatic N) is 2. The van der Waals surface area contributed by atoms with Gasteiger partial charge in [-0.15, -0.1) is 0 Å². The standard InChI is InChI=1S/C15H15BrN2OS/c1-19-13-7-6-10(8-11(13)16)9-17-15-18-12-4-2-3-5-14(12)20-15/h6-9H,2-5H2,1H3. The number of aryl methyl sites for hydroxylation is 2. The van der Waals surface area contributed by atoms with Crippen molar-refractivity contribution in [3.05, 3.63) is 38.8 Å². The van der Waals surface area contributed by atoms with Gasteiger partial charge in [0, 0.05) is 11.1 Å². The van der Waals surface area contributed by atoms with E-state index in [1.807, 2.05) is 24.4 Å². The van der Waals surface area contributed by atoms with Crippen LogP contribution in [0, 0.1) is 0 Å². The minimum absolute atomic E-state index is 0.826. The van der Waals surface area contributed by atoms with Gasteiger partial charge in [-0.25, -0.2) is 9.98 Å². The van der Waals surface area contributed by atoms with Crippen LogP contribution in [0.2, 0.25) is 0 Å². The quantitative estimate of drug-likeness (QED) is 0.761. The first-order valence-corrected chi connectivity index (χ1v) is 8.23. The van der Waals surface area contributed by atoms with E-state index in [0.29, 0.717) is 0 Å². The molecule has 0 saturated heterocycles. The number of aliphatic imine (C=N–C) groups is 1. The first-order valence-electron chi connectivity index (χ1n) is 6.62. The van der Waals surface area contributed by atoms with Crippen LogP contribution in [0.25, 0.3) is 0 Å². The second kappa shape index (κ2) is 6.06. The Kier molecular flexibility index (Phi) is 4.17. The second-order valence-electron chi connectivity index (χ2n) is 4.73. The maximum atomic E-state index is 5.22. The van der Waals surface area contributed by atoms with Crippen LogP contribution < -0.4 is 4.74 Å². The molecule has 0 aliphatic heterocycles. The zero-order valence-corrected chi connectivity index (χ0v) is 13.6. The molecule has 0 fully saturated rings. The summed E-state index contributed by atoms with van der Waals surface area (Å²) in [5, 5.41) is 0.865. The minimum atomic E-state index is 0.826. The third-order valence-electron chi connectivity index (χ3n) is 3.33. The normalized spacial score (nSPS) is 14.5. The number of ether oxygens (including phenoxy) is 1. The van der Waals surface area contributed by atoms with Crippen LogP contribution in [-0.2, 0) is 12.8 Å². The van der Waals surface area contributed by atoms with Gasteiger partial charge in [0.15, 0.2) is 0 Å².